The first kappa shape index (κ1) is 31.4. The van der Waals surface area contributed by atoms with E-state index >= 15 is 0 Å². The van der Waals surface area contributed by atoms with Gasteiger partial charge in [0.15, 0.2) is 5.69 Å². The summed E-state index contributed by atoms with van der Waals surface area (Å²) in [6, 6.07) is 6.04. The summed E-state index contributed by atoms with van der Waals surface area (Å²) >= 11 is 0. The summed E-state index contributed by atoms with van der Waals surface area (Å²) in [4.78, 5) is 26.3. The van der Waals surface area contributed by atoms with Crippen LogP contribution in [0.3, 0.4) is 0 Å². The molecule has 0 saturated heterocycles. The zero-order valence-electron chi connectivity index (χ0n) is 23.4. The van der Waals surface area contributed by atoms with Crippen LogP contribution in [-0.4, -0.2) is 67.2 Å². The quantitative estimate of drug-likeness (QED) is 0.378. The van der Waals surface area contributed by atoms with Gasteiger partial charge in [0, 0.05) is 24.3 Å². The first-order valence-corrected chi connectivity index (χ1v) is 12.8. The molecule has 0 radical (unpaired) electrons. The van der Waals surface area contributed by atoms with Crippen molar-refractivity contribution in [2.24, 2.45) is 0 Å². The van der Waals surface area contributed by atoms with Gasteiger partial charge < -0.3 is 21.6 Å². The van der Waals surface area contributed by atoms with E-state index in [4.69, 9.17) is 10.2 Å². The molecule has 3 N–H and O–H groups in total. The third-order valence-electron chi connectivity index (χ3n) is 6.98. The number of aliphatic hydroxyl groups excluding tert-OH is 2. The number of carboxylic acid groups (broad SMARTS) is 1. The van der Waals surface area contributed by atoms with Gasteiger partial charge in [0.25, 0.3) is 5.91 Å². The van der Waals surface area contributed by atoms with Crippen molar-refractivity contribution in [2.75, 3.05) is 7.05 Å². The van der Waals surface area contributed by atoms with Gasteiger partial charge in [-0.3, -0.25) is 9.59 Å². The Kier molecular flexibility index (Phi) is 12.2. The molecule has 1 saturated carbocycles. The largest absolute Gasteiger partial charge is 1.00 e. The van der Waals surface area contributed by atoms with Crippen LogP contribution in [0, 0.1) is 5.82 Å². The monoisotopic (exact) mass is 527 g/mol. The fourth-order valence-corrected chi connectivity index (χ4v) is 5.09. The topological polar surface area (TPSA) is 116 Å². The van der Waals surface area contributed by atoms with Crippen molar-refractivity contribution in [2.45, 2.75) is 95.8 Å². The second-order valence-electron chi connectivity index (χ2n) is 10.1. The summed E-state index contributed by atoms with van der Waals surface area (Å²) in [6.45, 7) is 3.97. The van der Waals surface area contributed by atoms with E-state index in [9.17, 15) is 24.2 Å². The van der Waals surface area contributed by atoms with Gasteiger partial charge in [-0.1, -0.05) is 33.1 Å². The molecule has 1 fully saturated rings. The molecule has 37 heavy (non-hydrogen) atoms. The number of hydrogen-bond acceptors (Lipinski definition) is 5. The van der Waals surface area contributed by atoms with Crippen LogP contribution < -0.4 is 29.6 Å². The van der Waals surface area contributed by atoms with Gasteiger partial charge in [-0.15, -0.1) is 0 Å². The Morgan fingerprint density at radius 3 is 2.32 bits per heavy atom. The smallest absolute Gasteiger partial charge is 1.00 e. The zero-order valence-corrected chi connectivity index (χ0v) is 24.4. The van der Waals surface area contributed by atoms with Gasteiger partial charge >= 0.3 is 35.5 Å². The summed E-state index contributed by atoms with van der Waals surface area (Å²) in [7, 11) is 1.83. The van der Waals surface area contributed by atoms with Gasteiger partial charge in [-0.05, 0) is 62.3 Å². The molecule has 0 bridgehead atoms. The third-order valence-corrected chi connectivity index (χ3v) is 6.98. The van der Waals surface area contributed by atoms with E-state index in [-0.39, 0.29) is 67.5 Å². The molecule has 1 heterocycles. The number of rotatable bonds is 11. The SMILES string of the molecule is CC(C)c1c(C(=O)N(C)C2CCCCC2)nn(-c2ccc(F)cc2)c1CC[C@@H](O)C[C@@H](O)CC(=O)O.[H-].[Na+]. The number of hydrogen-bond donors (Lipinski definition) is 3. The number of carbonyl (C=O) groups excluding carboxylic acids is 1. The van der Waals surface area contributed by atoms with Crippen LogP contribution >= 0.6 is 0 Å². The molecule has 1 amide bonds. The molecule has 0 spiro atoms. The fraction of sp³-hybridized carbons (Fsp3) is 0.593. The van der Waals surface area contributed by atoms with Gasteiger partial charge in [-0.25, -0.2) is 9.07 Å². The van der Waals surface area contributed by atoms with E-state index in [2.05, 4.69) is 0 Å². The number of amides is 1. The van der Waals surface area contributed by atoms with Crippen LogP contribution in [-0.2, 0) is 11.2 Å². The van der Waals surface area contributed by atoms with Gasteiger partial charge in [0.1, 0.15) is 5.82 Å². The standard InChI is InChI=1S/C27H38FN3O5.Na.H/c1-17(2)25-23(14-13-21(32)15-22(33)16-24(34)35)31(20-11-9-18(28)10-12-20)29-26(25)27(36)30(3)19-7-5-4-6-8-19;;/h9-12,17,19,21-22,32-33H,4-8,13-16H2,1-3H3,(H,34,35);;/q;+1;-1/t21-,22-;;/m1../s1. The van der Waals surface area contributed by atoms with Crippen LogP contribution in [0.5, 0.6) is 0 Å². The molecule has 1 aliphatic carbocycles. The normalized spacial score (nSPS) is 15.8. The molecule has 200 valence electrons. The fourth-order valence-electron chi connectivity index (χ4n) is 5.09. The van der Waals surface area contributed by atoms with E-state index in [1.165, 1.54) is 18.6 Å². The minimum atomic E-state index is -1.15. The van der Waals surface area contributed by atoms with Crippen LogP contribution in [0.15, 0.2) is 24.3 Å². The zero-order chi connectivity index (χ0) is 26.4. The first-order chi connectivity index (χ1) is 17.1. The van der Waals surface area contributed by atoms with E-state index in [1.807, 2.05) is 20.9 Å². The predicted octanol–water partition coefficient (Wildman–Crippen LogP) is 1.18. The summed E-state index contributed by atoms with van der Waals surface area (Å²) in [5.74, 6) is -1.70. The Bertz CT molecular complexity index is 1040. The average molecular weight is 528 g/mol. The summed E-state index contributed by atoms with van der Waals surface area (Å²) in [5, 5.41) is 34.0. The molecule has 0 aliphatic heterocycles. The maximum atomic E-state index is 13.7. The second kappa shape index (κ2) is 14.4. The Balaban J connectivity index is 0.00000361. The molecule has 1 aromatic carbocycles. The molecule has 0 unspecified atom stereocenters. The number of nitrogens with zero attached hydrogens (tertiary/aromatic N) is 3. The van der Waals surface area contributed by atoms with Crippen molar-refractivity contribution in [3.63, 3.8) is 0 Å². The minimum absolute atomic E-state index is 0. The number of benzene rings is 1. The number of carboxylic acids is 1. The van der Waals surface area contributed by atoms with Crippen LogP contribution in [0.4, 0.5) is 4.39 Å². The van der Waals surface area contributed by atoms with Crippen LogP contribution in [0.2, 0.25) is 0 Å². The van der Waals surface area contributed by atoms with Gasteiger partial charge in [0.05, 0.1) is 24.3 Å². The number of halogens is 1. The molecule has 10 heteroatoms. The van der Waals surface area contributed by atoms with Crippen molar-refractivity contribution in [1.82, 2.24) is 14.7 Å². The van der Waals surface area contributed by atoms with Crippen molar-refractivity contribution >= 4 is 11.9 Å². The molecular formula is C27H39FN3NaO5. The molecule has 3 rings (SSSR count). The molecule has 1 aromatic heterocycles. The van der Waals surface area contributed by atoms with Gasteiger partial charge in [-0.2, -0.15) is 5.10 Å². The minimum Gasteiger partial charge on any atom is -1.00 e. The molecule has 2 aromatic rings. The number of aliphatic hydroxyl groups is 2. The van der Waals surface area contributed by atoms with E-state index in [0.29, 0.717) is 17.8 Å². The summed E-state index contributed by atoms with van der Waals surface area (Å²) < 4.78 is 15.3. The van der Waals surface area contributed by atoms with Crippen molar-refractivity contribution < 1.29 is 60.3 Å². The average Bonchev–Trinajstić information content (AvgIpc) is 3.22. The van der Waals surface area contributed by atoms with E-state index in [0.717, 1.165) is 36.9 Å². The molecule has 8 nitrogen and oxygen atoms in total. The van der Waals surface area contributed by atoms with Gasteiger partial charge in [0.2, 0.25) is 0 Å². The maximum Gasteiger partial charge on any atom is 1.00 e. The second-order valence-corrected chi connectivity index (χ2v) is 10.1. The maximum absolute atomic E-state index is 13.7. The Hall–Kier alpha value is -1.78. The van der Waals surface area contributed by atoms with Crippen molar-refractivity contribution in [3.8, 4) is 5.69 Å². The molecular weight excluding hydrogens is 488 g/mol. The summed E-state index contributed by atoms with van der Waals surface area (Å²) in [6.07, 6.45) is 3.33. The first-order valence-electron chi connectivity index (χ1n) is 12.8. The number of carbonyl (C=O) groups is 2. The third kappa shape index (κ3) is 8.35. The summed E-state index contributed by atoms with van der Waals surface area (Å²) in [5.41, 5.74) is 2.49. The predicted molar refractivity (Wildman–Crippen MR) is 135 cm³/mol. The van der Waals surface area contributed by atoms with Crippen molar-refractivity contribution in [3.05, 3.63) is 47.0 Å². The Morgan fingerprint density at radius 2 is 1.76 bits per heavy atom. The Morgan fingerprint density at radius 1 is 1.14 bits per heavy atom. The number of aromatic nitrogens is 2. The number of aliphatic carboxylic acids is 1. The van der Waals surface area contributed by atoms with E-state index in [1.54, 1.807) is 21.7 Å². The van der Waals surface area contributed by atoms with E-state index < -0.39 is 24.6 Å². The van der Waals surface area contributed by atoms with Crippen LogP contribution in [0.1, 0.15) is 94.3 Å². The van der Waals surface area contributed by atoms with Crippen molar-refractivity contribution in [1.29, 1.82) is 0 Å². The Labute approximate surface area is 241 Å². The molecule has 2 atom stereocenters. The molecule has 1 aliphatic rings. The van der Waals surface area contributed by atoms with Crippen LogP contribution in [0.25, 0.3) is 5.69 Å².